The Balaban J connectivity index is 0.968. The van der Waals surface area contributed by atoms with E-state index in [4.69, 9.17) is 24.2 Å². The maximum Gasteiger partial charge on any atom is 0.407 e. The molecular weight excluding hydrogens is 837 g/mol. The van der Waals surface area contributed by atoms with Crippen LogP contribution in [-0.4, -0.2) is 106 Å². The highest BCUT2D eigenvalue weighted by atomic mass is 16.5. The predicted molar refractivity (Wildman–Crippen MR) is 254 cm³/mol. The summed E-state index contributed by atoms with van der Waals surface area (Å²) >= 11 is 0. The van der Waals surface area contributed by atoms with Crippen molar-refractivity contribution in [3.05, 3.63) is 72.3 Å². The van der Waals surface area contributed by atoms with Gasteiger partial charge in [-0.3, -0.25) is 9.59 Å². The number of hydrogen-bond donors (Lipinski definition) is 4. The molecule has 6 aromatic rings. The van der Waals surface area contributed by atoms with Crippen molar-refractivity contribution in [3.63, 3.8) is 0 Å². The Kier molecular flexibility index (Phi) is 12.9. The van der Waals surface area contributed by atoms with Gasteiger partial charge >= 0.3 is 12.2 Å². The van der Waals surface area contributed by atoms with Crippen molar-refractivity contribution in [3.8, 4) is 11.1 Å². The fourth-order valence-corrected chi connectivity index (χ4v) is 10.5. The monoisotopic (exact) mass is 898 g/mol. The minimum absolute atomic E-state index is 0.118. The molecule has 1 saturated carbocycles. The Morgan fingerprint density at radius 2 is 1.17 bits per heavy atom. The zero-order valence-electron chi connectivity index (χ0n) is 38.8. The fourth-order valence-electron chi connectivity index (χ4n) is 10.5. The number of likely N-dealkylation sites (tertiary alicyclic amines) is 2. The Bertz CT molecular complexity index is 2770. The Labute approximate surface area is 384 Å². The van der Waals surface area contributed by atoms with Gasteiger partial charge in [0.1, 0.15) is 23.7 Å². The summed E-state index contributed by atoms with van der Waals surface area (Å²) in [5.74, 6) is 1.63. The molecule has 66 heavy (non-hydrogen) atoms. The summed E-state index contributed by atoms with van der Waals surface area (Å²) in [7, 11) is 2.60. The van der Waals surface area contributed by atoms with E-state index in [0.29, 0.717) is 32.0 Å². The molecule has 2 aromatic heterocycles. The topological polar surface area (TPSA) is 184 Å². The lowest BCUT2D eigenvalue weighted by Crippen LogP contribution is -2.51. The third-order valence-electron chi connectivity index (χ3n) is 14.1. The molecular formula is C51H62N8O7. The number of nitrogens with one attached hydrogen (secondary N) is 4. The number of alkyl carbamates (subject to hydrolysis) is 2. The van der Waals surface area contributed by atoms with Gasteiger partial charge in [-0.25, -0.2) is 19.6 Å². The number of hydrogen-bond acceptors (Lipinski definition) is 9. The van der Waals surface area contributed by atoms with E-state index < -0.39 is 24.3 Å². The van der Waals surface area contributed by atoms with Crippen molar-refractivity contribution in [2.45, 2.75) is 96.8 Å². The van der Waals surface area contributed by atoms with E-state index in [1.165, 1.54) is 39.9 Å². The van der Waals surface area contributed by atoms with E-state index in [-0.39, 0.29) is 41.7 Å². The molecule has 3 aliphatic rings. The van der Waals surface area contributed by atoms with Crippen LogP contribution in [0.2, 0.25) is 0 Å². The van der Waals surface area contributed by atoms with Gasteiger partial charge in [-0.1, -0.05) is 76.9 Å². The van der Waals surface area contributed by atoms with Gasteiger partial charge in [0.05, 0.1) is 55.0 Å². The molecule has 4 amide bonds. The maximum absolute atomic E-state index is 14.3. The highest BCUT2D eigenvalue weighted by Crippen LogP contribution is 2.39. The third-order valence-corrected chi connectivity index (χ3v) is 14.1. The highest BCUT2D eigenvalue weighted by molar-refractivity contribution is 6.07. The summed E-state index contributed by atoms with van der Waals surface area (Å²) in [6, 6.07) is 19.2. The standard InChI is InChI=1S/C51H62N8O7/c1-28(2)42(56-50(62)64-5)48(60)58-21-9-12-40(58)46-52-38-19-15-34-23-32(13-17-36(34)44(38)54-46)33-14-18-37-35(24-33)16-20-39-45(37)55-47(53-39)41-22-31(27-66-26-30-10-7-8-11-30)25-59(41)49(61)43(29(3)4)57-51(63)65-6/h13-20,23-24,28-31,40-43H,7-12,21-22,25-27H2,1-6H3,(H,52,54)(H,53,55)(H,56,62)(H,57,63)/t31-,40-,41-,42-,43-/m0/s1. The second kappa shape index (κ2) is 18.9. The number of rotatable bonds is 13. The fraction of sp³-hybridized carbons (Fsp3) is 0.490. The molecule has 2 aliphatic heterocycles. The van der Waals surface area contributed by atoms with Gasteiger partial charge in [0.2, 0.25) is 11.8 Å². The number of H-pyrrole nitrogens is 2. The number of methoxy groups -OCH3 is 2. The normalized spacial score (nSPS) is 20.0. The molecule has 9 rings (SSSR count). The molecule has 4 N–H and O–H groups in total. The first-order valence-electron chi connectivity index (χ1n) is 23.6. The number of nitrogens with zero attached hydrogens (tertiary/aromatic N) is 4. The van der Waals surface area contributed by atoms with Crippen molar-refractivity contribution in [1.82, 2.24) is 40.4 Å². The molecule has 2 saturated heterocycles. The average Bonchev–Trinajstić information content (AvgIpc) is 4.18. The molecule has 0 radical (unpaired) electrons. The molecule has 0 unspecified atom stereocenters. The van der Waals surface area contributed by atoms with Crippen molar-refractivity contribution >= 4 is 67.6 Å². The zero-order chi connectivity index (χ0) is 46.2. The minimum Gasteiger partial charge on any atom is -0.453 e. The van der Waals surface area contributed by atoms with Crippen molar-refractivity contribution in [2.75, 3.05) is 40.5 Å². The van der Waals surface area contributed by atoms with E-state index in [9.17, 15) is 19.2 Å². The molecule has 0 bridgehead atoms. The van der Waals surface area contributed by atoms with Gasteiger partial charge in [0.15, 0.2) is 0 Å². The molecule has 15 nitrogen and oxygen atoms in total. The third kappa shape index (κ3) is 8.89. The number of carbonyl (C=O) groups is 4. The summed E-state index contributed by atoms with van der Waals surface area (Å²) in [5, 5.41) is 9.61. The van der Waals surface area contributed by atoms with Crippen LogP contribution in [0.15, 0.2) is 60.7 Å². The van der Waals surface area contributed by atoms with Crippen LogP contribution in [0.3, 0.4) is 0 Å². The second-order valence-electron chi connectivity index (χ2n) is 19.2. The van der Waals surface area contributed by atoms with Gasteiger partial charge in [-0.2, -0.15) is 0 Å². The Morgan fingerprint density at radius 3 is 1.70 bits per heavy atom. The second-order valence-corrected chi connectivity index (χ2v) is 19.2. The summed E-state index contributed by atoms with van der Waals surface area (Å²) in [4.78, 5) is 73.6. The summed E-state index contributed by atoms with van der Waals surface area (Å²) < 4.78 is 16.0. The van der Waals surface area contributed by atoms with E-state index >= 15 is 0 Å². The van der Waals surface area contributed by atoms with Gasteiger partial charge in [-0.05, 0) is 96.0 Å². The van der Waals surface area contributed by atoms with Crippen LogP contribution in [0.1, 0.15) is 96.4 Å². The van der Waals surface area contributed by atoms with E-state index in [0.717, 1.165) is 85.8 Å². The number of aromatic amines is 2. The van der Waals surface area contributed by atoms with Crippen molar-refractivity contribution in [2.24, 2.45) is 23.7 Å². The average molecular weight is 899 g/mol. The molecule has 1 aliphatic carbocycles. The number of imidazole rings is 2. The quantitative estimate of drug-likeness (QED) is 0.0879. The molecule has 3 fully saturated rings. The Morgan fingerprint density at radius 1 is 0.652 bits per heavy atom. The smallest absolute Gasteiger partial charge is 0.407 e. The van der Waals surface area contributed by atoms with Crippen LogP contribution < -0.4 is 10.6 Å². The number of aromatic nitrogens is 4. The molecule has 348 valence electrons. The van der Waals surface area contributed by atoms with Crippen LogP contribution in [0.4, 0.5) is 9.59 Å². The van der Waals surface area contributed by atoms with Gasteiger partial charge in [-0.15, -0.1) is 0 Å². The minimum atomic E-state index is -0.748. The first kappa shape index (κ1) is 45.0. The van der Waals surface area contributed by atoms with Gasteiger partial charge in [0, 0.05) is 36.4 Å². The van der Waals surface area contributed by atoms with Crippen LogP contribution in [0, 0.1) is 23.7 Å². The Hall–Kier alpha value is -6.22. The van der Waals surface area contributed by atoms with Crippen molar-refractivity contribution < 1.29 is 33.4 Å². The molecule has 0 spiro atoms. The number of benzene rings is 4. The van der Waals surface area contributed by atoms with Gasteiger partial charge < -0.3 is 44.6 Å². The summed E-state index contributed by atoms with van der Waals surface area (Å²) in [5.41, 5.74) is 5.61. The zero-order valence-corrected chi connectivity index (χ0v) is 38.8. The molecule has 4 heterocycles. The predicted octanol–water partition coefficient (Wildman–Crippen LogP) is 8.93. The van der Waals surface area contributed by atoms with Crippen LogP contribution in [-0.2, 0) is 23.8 Å². The summed E-state index contributed by atoms with van der Waals surface area (Å²) in [6.45, 7) is 10.1. The number of ether oxygens (including phenoxy) is 3. The largest absolute Gasteiger partial charge is 0.453 e. The first-order chi connectivity index (χ1) is 31.9. The molecule has 15 heteroatoms. The number of carbonyl (C=O) groups excluding carboxylic acids is 4. The van der Waals surface area contributed by atoms with Crippen LogP contribution >= 0.6 is 0 Å². The summed E-state index contributed by atoms with van der Waals surface area (Å²) in [6.07, 6.45) is 6.01. The lowest BCUT2D eigenvalue weighted by molar-refractivity contribution is -0.136. The van der Waals surface area contributed by atoms with E-state index in [2.05, 4.69) is 75.2 Å². The van der Waals surface area contributed by atoms with Crippen LogP contribution in [0.5, 0.6) is 0 Å². The SMILES string of the molecule is COC(=O)N[C@H](C(=O)N1CCC[C@H]1c1nc2c(ccc3cc(-c4ccc5c(ccc6[nH]c([C@@H]7C[C@H](COCC8CCCC8)CN7C(=O)[C@@H](NC(=O)OC)C(C)C)nc65)c4)ccc32)[nH]1)C(C)C. The highest BCUT2D eigenvalue weighted by Gasteiger charge is 2.42. The van der Waals surface area contributed by atoms with E-state index in [1.807, 2.05) is 43.6 Å². The first-order valence-corrected chi connectivity index (χ1v) is 23.6. The lowest BCUT2D eigenvalue weighted by atomic mass is 9.98. The molecule has 5 atom stereocenters. The lowest BCUT2D eigenvalue weighted by Gasteiger charge is -2.30. The van der Waals surface area contributed by atoms with Gasteiger partial charge in [0.25, 0.3) is 0 Å². The van der Waals surface area contributed by atoms with Crippen LogP contribution in [0.25, 0.3) is 54.7 Å². The van der Waals surface area contributed by atoms with Crippen molar-refractivity contribution in [1.29, 1.82) is 0 Å². The number of fused-ring (bicyclic) bond motifs is 6. The van der Waals surface area contributed by atoms with E-state index in [1.54, 1.807) is 0 Å². The maximum atomic E-state index is 14.3. The number of amides is 4. The molecule has 4 aromatic carbocycles.